The number of halogens is 2. The average molecular weight is 492 g/mol. The smallest absolute Gasteiger partial charge is 0.223 e. The van der Waals surface area contributed by atoms with Gasteiger partial charge in [0.2, 0.25) is 5.95 Å². The molecular weight excluding hydrogens is 468 g/mol. The molecule has 0 bridgehead atoms. The summed E-state index contributed by atoms with van der Waals surface area (Å²) in [6, 6.07) is 12.6. The van der Waals surface area contributed by atoms with Crippen molar-refractivity contribution in [2.75, 3.05) is 18.9 Å². The van der Waals surface area contributed by atoms with Crippen LogP contribution in [0.15, 0.2) is 61.1 Å². The van der Waals surface area contributed by atoms with Crippen LogP contribution < -0.4 is 10.6 Å². The lowest BCUT2D eigenvalue weighted by Gasteiger charge is -2.17. The zero-order valence-electron chi connectivity index (χ0n) is 19.2. The van der Waals surface area contributed by atoms with Gasteiger partial charge in [0.25, 0.3) is 0 Å². The number of hydrogen-bond acceptors (Lipinski definition) is 7. The fourth-order valence-electron chi connectivity index (χ4n) is 3.95. The first-order valence-electron chi connectivity index (χ1n) is 11.1. The lowest BCUT2D eigenvalue weighted by atomic mass is 9.94. The highest BCUT2D eigenvalue weighted by Gasteiger charge is 2.18. The third-order valence-corrected chi connectivity index (χ3v) is 7.01. The molecule has 0 saturated carbocycles. The fraction of sp³-hybridized carbons (Fsp3) is 0.200. The standard InChI is InChI=1S/C25H23F2N7S/c1-15(28-2)18-7-6-17(26)13-20(18)19-5-3-4-16-12-22(35-24(16)19)23-21(27)14-30-25(32-23)29-8-10-34-11-9-31-33-34/h3-7,9,11-15,28H,8,10H2,1-2H3,(H,29,30,32). The van der Waals surface area contributed by atoms with Crippen LogP contribution in [0.2, 0.25) is 0 Å². The van der Waals surface area contributed by atoms with Gasteiger partial charge in [0, 0.05) is 23.5 Å². The van der Waals surface area contributed by atoms with Gasteiger partial charge in [-0.1, -0.05) is 29.5 Å². The van der Waals surface area contributed by atoms with Gasteiger partial charge >= 0.3 is 0 Å². The molecule has 2 N–H and O–H groups in total. The Morgan fingerprint density at radius 3 is 2.80 bits per heavy atom. The molecule has 0 amide bonds. The second kappa shape index (κ2) is 9.85. The van der Waals surface area contributed by atoms with Crippen molar-refractivity contribution < 1.29 is 8.78 Å². The van der Waals surface area contributed by atoms with Crippen molar-refractivity contribution >= 4 is 27.4 Å². The summed E-state index contributed by atoms with van der Waals surface area (Å²) in [4.78, 5) is 9.17. The zero-order valence-corrected chi connectivity index (χ0v) is 20.0. The maximum absolute atomic E-state index is 14.8. The lowest BCUT2D eigenvalue weighted by Crippen LogP contribution is -2.13. The van der Waals surface area contributed by atoms with Crippen molar-refractivity contribution in [2.45, 2.75) is 19.5 Å². The maximum Gasteiger partial charge on any atom is 0.223 e. The first-order chi connectivity index (χ1) is 17.0. The van der Waals surface area contributed by atoms with E-state index in [1.54, 1.807) is 29.2 Å². The van der Waals surface area contributed by atoms with E-state index in [4.69, 9.17) is 0 Å². The van der Waals surface area contributed by atoms with Crippen LogP contribution in [0, 0.1) is 11.6 Å². The monoisotopic (exact) mass is 491 g/mol. The summed E-state index contributed by atoms with van der Waals surface area (Å²) < 4.78 is 31.7. The normalized spacial score (nSPS) is 12.2. The summed E-state index contributed by atoms with van der Waals surface area (Å²) in [5.74, 6) is -0.478. The molecule has 0 radical (unpaired) electrons. The van der Waals surface area contributed by atoms with Crippen molar-refractivity contribution in [2.24, 2.45) is 0 Å². The van der Waals surface area contributed by atoms with Gasteiger partial charge in [-0.2, -0.15) is 0 Å². The summed E-state index contributed by atoms with van der Waals surface area (Å²) in [6.07, 6.45) is 4.54. The largest absolute Gasteiger partial charge is 0.352 e. The van der Waals surface area contributed by atoms with E-state index in [1.165, 1.54) is 23.6 Å². The van der Waals surface area contributed by atoms with E-state index in [2.05, 4.69) is 30.9 Å². The minimum absolute atomic E-state index is 0.0331. The molecule has 0 spiro atoms. The highest BCUT2D eigenvalue weighted by molar-refractivity contribution is 7.22. The Kier molecular flexibility index (Phi) is 6.47. The third-order valence-electron chi connectivity index (χ3n) is 5.82. The Morgan fingerprint density at radius 1 is 1.11 bits per heavy atom. The molecule has 0 saturated heterocycles. The van der Waals surface area contributed by atoms with E-state index >= 15 is 0 Å². The van der Waals surface area contributed by atoms with Crippen LogP contribution in [0.3, 0.4) is 0 Å². The Hall–Kier alpha value is -3.76. The number of hydrogen-bond donors (Lipinski definition) is 2. The van der Waals surface area contributed by atoms with Crippen LogP contribution in [0.5, 0.6) is 0 Å². The molecular formula is C25H23F2N7S. The van der Waals surface area contributed by atoms with Crippen molar-refractivity contribution in [3.8, 4) is 21.7 Å². The number of aromatic nitrogens is 5. The van der Waals surface area contributed by atoms with Crippen molar-refractivity contribution in [1.82, 2.24) is 30.3 Å². The molecule has 2 aromatic carbocycles. The van der Waals surface area contributed by atoms with Crippen LogP contribution in [-0.2, 0) is 6.54 Å². The average Bonchev–Trinajstić information content (AvgIpc) is 3.54. The van der Waals surface area contributed by atoms with E-state index in [-0.39, 0.29) is 17.6 Å². The second-order valence-electron chi connectivity index (χ2n) is 8.06. The molecule has 0 fully saturated rings. The predicted molar refractivity (Wildman–Crippen MR) is 134 cm³/mol. The third kappa shape index (κ3) is 4.75. The van der Waals surface area contributed by atoms with Gasteiger partial charge in [-0.25, -0.2) is 18.7 Å². The molecule has 5 aromatic rings. The first-order valence-corrected chi connectivity index (χ1v) is 12.0. The van der Waals surface area contributed by atoms with Gasteiger partial charge < -0.3 is 10.6 Å². The summed E-state index contributed by atoms with van der Waals surface area (Å²) in [5, 5.41) is 14.9. The van der Waals surface area contributed by atoms with E-state index in [0.717, 1.165) is 26.8 Å². The lowest BCUT2D eigenvalue weighted by molar-refractivity contribution is 0.604. The van der Waals surface area contributed by atoms with Crippen LogP contribution in [0.25, 0.3) is 31.8 Å². The Labute approximate surface area is 204 Å². The van der Waals surface area contributed by atoms with E-state index in [1.807, 2.05) is 38.2 Å². The molecule has 0 aliphatic rings. The van der Waals surface area contributed by atoms with Crippen molar-refractivity contribution in [1.29, 1.82) is 0 Å². The van der Waals surface area contributed by atoms with Gasteiger partial charge in [-0.15, -0.1) is 16.4 Å². The minimum Gasteiger partial charge on any atom is -0.352 e. The van der Waals surface area contributed by atoms with Gasteiger partial charge in [-0.3, -0.25) is 4.68 Å². The second-order valence-corrected chi connectivity index (χ2v) is 9.11. The number of anilines is 1. The summed E-state index contributed by atoms with van der Waals surface area (Å²) in [5.41, 5.74) is 2.92. The number of nitrogens with zero attached hydrogens (tertiary/aromatic N) is 5. The van der Waals surface area contributed by atoms with Crippen molar-refractivity contribution in [3.63, 3.8) is 0 Å². The number of rotatable bonds is 8. The number of thiophene rings is 1. The van der Waals surface area contributed by atoms with Crippen molar-refractivity contribution in [3.05, 3.63) is 78.3 Å². The van der Waals surface area contributed by atoms with Gasteiger partial charge in [0.1, 0.15) is 11.5 Å². The fourth-order valence-corrected chi connectivity index (χ4v) is 5.12. The molecule has 7 nitrogen and oxygen atoms in total. The predicted octanol–water partition coefficient (Wildman–Crippen LogP) is 5.29. The summed E-state index contributed by atoms with van der Waals surface area (Å²) >= 11 is 1.43. The number of nitrogens with one attached hydrogen (secondary N) is 2. The highest BCUT2D eigenvalue weighted by Crippen LogP contribution is 2.41. The zero-order chi connectivity index (χ0) is 24.4. The molecule has 3 aromatic heterocycles. The molecule has 35 heavy (non-hydrogen) atoms. The molecule has 0 aliphatic carbocycles. The Morgan fingerprint density at radius 2 is 2.00 bits per heavy atom. The van der Waals surface area contributed by atoms with Crippen LogP contribution in [0.4, 0.5) is 14.7 Å². The highest BCUT2D eigenvalue weighted by atomic mass is 32.1. The molecule has 178 valence electrons. The van der Waals surface area contributed by atoms with E-state index in [9.17, 15) is 8.78 Å². The SMILES string of the molecule is CNC(C)c1ccc(F)cc1-c1cccc2cc(-c3nc(NCCn4ccnn4)ncc3F)sc12. The molecule has 10 heteroatoms. The number of fused-ring (bicyclic) bond motifs is 1. The molecule has 1 atom stereocenters. The van der Waals surface area contributed by atoms with Crippen LogP contribution in [-0.4, -0.2) is 38.6 Å². The topological polar surface area (TPSA) is 80.5 Å². The van der Waals surface area contributed by atoms with E-state index in [0.29, 0.717) is 23.9 Å². The molecule has 3 heterocycles. The van der Waals surface area contributed by atoms with Gasteiger partial charge in [0.15, 0.2) is 5.82 Å². The first kappa shape index (κ1) is 23.0. The minimum atomic E-state index is -0.504. The molecule has 1 unspecified atom stereocenters. The molecule has 5 rings (SSSR count). The van der Waals surface area contributed by atoms with Crippen LogP contribution >= 0.6 is 11.3 Å². The summed E-state index contributed by atoms with van der Waals surface area (Å²) in [6.45, 7) is 3.12. The van der Waals surface area contributed by atoms with Crippen LogP contribution in [0.1, 0.15) is 18.5 Å². The Bertz CT molecular complexity index is 1470. The van der Waals surface area contributed by atoms with Gasteiger partial charge in [0.05, 0.1) is 23.8 Å². The Balaban J connectivity index is 1.51. The summed E-state index contributed by atoms with van der Waals surface area (Å²) in [7, 11) is 1.87. The van der Waals surface area contributed by atoms with E-state index < -0.39 is 5.82 Å². The quantitative estimate of drug-likeness (QED) is 0.307. The maximum atomic E-state index is 14.8. The molecule has 0 aliphatic heterocycles. The van der Waals surface area contributed by atoms with Gasteiger partial charge in [-0.05, 0) is 54.2 Å². The number of benzene rings is 2.